The van der Waals surface area contributed by atoms with Crippen LogP contribution in [0.5, 0.6) is 11.5 Å². The summed E-state index contributed by atoms with van der Waals surface area (Å²) < 4.78 is 11.5. The number of rotatable bonds is 7. The molecule has 0 unspecified atom stereocenters. The van der Waals surface area contributed by atoms with E-state index in [1.54, 1.807) is 6.92 Å². The van der Waals surface area contributed by atoms with Gasteiger partial charge in [-0.25, -0.2) is 0 Å². The number of amides is 1. The van der Waals surface area contributed by atoms with Gasteiger partial charge in [0.1, 0.15) is 18.1 Å². The van der Waals surface area contributed by atoms with E-state index in [1.165, 1.54) is 11.1 Å². The minimum Gasteiger partial charge on any atom is -0.492 e. The highest BCUT2D eigenvalue weighted by atomic mass is 16.5. The monoisotopic (exact) mass is 363 g/mol. The van der Waals surface area contributed by atoms with E-state index in [0.29, 0.717) is 18.9 Å². The molecule has 0 spiro atoms. The largest absolute Gasteiger partial charge is 0.492 e. The smallest absolute Gasteiger partial charge is 0.260 e. The SMILES string of the molecule is Cc1ccc(OCCNC(=O)[C@H](C)Oc2ccc3ccccc3c2)cc1C. The van der Waals surface area contributed by atoms with Crippen molar-refractivity contribution in [1.29, 1.82) is 0 Å². The molecular weight excluding hydrogens is 338 g/mol. The number of fused-ring (bicyclic) bond motifs is 1. The minimum absolute atomic E-state index is 0.160. The van der Waals surface area contributed by atoms with Gasteiger partial charge < -0.3 is 14.8 Å². The number of carbonyl (C=O) groups excluding carboxylic acids is 1. The zero-order valence-corrected chi connectivity index (χ0v) is 16.0. The Bertz CT molecular complexity index is 936. The summed E-state index contributed by atoms with van der Waals surface area (Å²) in [7, 11) is 0. The molecule has 0 saturated carbocycles. The van der Waals surface area contributed by atoms with Crippen molar-refractivity contribution < 1.29 is 14.3 Å². The molecule has 0 aromatic heterocycles. The fourth-order valence-corrected chi connectivity index (χ4v) is 2.79. The third-order valence-electron chi connectivity index (χ3n) is 4.55. The Morgan fingerprint density at radius 1 is 0.926 bits per heavy atom. The number of nitrogens with one attached hydrogen (secondary N) is 1. The highest BCUT2D eigenvalue weighted by Gasteiger charge is 2.14. The van der Waals surface area contributed by atoms with Gasteiger partial charge in [-0.05, 0) is 66.9 Å². The molecular formula is C23H25NO3. The first kappa shape index (κ1) is 18.8. The maximum absolute atomic E-state index is 12.2. The Labute approximate surface area is 160 Å². The van der Waals surface area contributed by atoms with Gasteiger partial charge in [-0.1, -0.05) is 36.4 Å². The first-order valence-electron chi connectivity index (χ1n) is 9.16. The Hall–Kier alpha value is -3.01. The van der Waals surface area contributed by atoms with Gasteiger partial charge in [0.25, 0.3) is 5.91 Å². The van der Waals surface area contributed by atoms with E-state index in [2.05, 4.69) is 19.2 Å². The molecule has 0 radical (unpaired) electrons. The summed E-state index contributed by atoms with van der Waals surface area (Å²) >= 11 is 0. The molecule has 1 atom stereocenters. The van der Waals surface area contributed by atoms with Gasteiger partial charge >= 0.3 is 0 Å². The van der Waals surface area contributed by atoms with Crippen molar-refractivity contribution in [3.63, 3.8) is 0 Å². The van der Waals surface area contributed by atoms with E-state index in [-0.39, 0.29) is 5.91 Å². The lowest BCUT2D eigenvalue weighted by molar-refractivity contribution is -0.127. The van der Waals surface area contributed by atoms with E-state index in [4.69, 9.17) is 9.47 Å². The van der Waals surface area contributed by atoms with Crippen LogP contribution in [0.1, 0.15) is 18.1 Å². The lowest BCUT2D eigenvalue weighted by atomic mass is 10.1. The van der Waals surface area contributed by atoms with Crippen LogP contribution in [-0.2, 0) is 4.79 Å². The molecule has 3 rings (SSSR count). The van der Waals surface area contributed by atoms with Crippen LogP contribution >= 0.6 is 0 Å². The normalized spacial score (nSPS) is 11.8. The van der Waals surface area contributed by atoms with Crippen LogP contribution in [0.2, 0.25) is 0 Å². The molecule has 0 heterocycles. The van der Waals surface area contributed by atoms with Gasteiger partial charge in [0.2, 0.25) is 0 Å². The molecule has 0 saturated heterocycles. The number of aryl methyl sites for hydroxylation is 2. The molecule has 3 aromatic carbocycles. The van der Waals surface area contributed by atoms with E-state index >= 15 is 0 Å². The van der Waals surface area contributed by atoms with Crippen LogP contribution in [-0.4, -0.2) is 25.2 Å². The molecule has 0 aliphatic rings. The third kappa shape index (κ3) is 5.00. The molecule has 140 valence electrons. The predicted octanol–water partition coefficient (Wildman–Crippen LogP) is 4.42. The molecule has 27 heavy (non-hydrogen) atoms. The summed E-state index contributed by atoms with van der Waals surface area (Å²) in [5.74, 6) is 1.34. The highest BCUT2D eigenvalue weighted by Crippen LogP contribution is 2.21. The molecule has 0 bridgehead atoms. The molecule has 4 heteroatoms. The first-order chi connectivity index (χ1) is 13.0. The van der Waals surface area contributed by atoms with Crippen molar-refractivity contribution in [3.8, 4) is 11.5 Å². The number of ether oxygens (including phenoxy) is 2. The van der Waals surface area contributed by atoms with E-state index in [1.807, 2.05) is 60.7 Å². The fraction of sp³-hybridized carbons (Fsp3) is 0.261. The lowest BCUT2D eigenvalue weighted by Gasteiger charge is -2.15. The second-order valence-corrected chi connectivity index (χ2v) is 6.65. The van der Waals surface area contributed by atoms with Gasteiger partial charge in [0.15, 0.2) is 6.10 Å². The Morgan fingerprint density at radius 2 is 1.67 bits per heavy atom. The van der Waals surface area contributed by atoms with E-state index < -0.39 is 6.10 Å². The van der Waals surface area contributed by atoms with Crippen LogP contribution in [0.4, 0.5) is 0 Å². The van der Waals surface area contributed by atoms with Crippen molar-refractivity contribution in [2.24, 2.45) is 0 Å². The number of benzene rings is 3. The van der Waals surface area contributed by atoms with Crippen molar-refractivity contribution in [3.05, 3.63) is 71.8 Å². The maximum Gasteiger partial charge on any atom is 0.260 e. The van der Waals surface area contributed by atoms with Crippen molar-refractivity contribution >= 4 is 16.7 Å². The minimum atomic E-state index is -0.576. The van der Waals surface area contributed by atoms with Gasteiger partial charge in [-0.3, -0.25) is 4.79 Å². The highest BCUT2D eigenvalue weighted by molar-refractivity contribution is 5.84. The standard InChI is InChI=1S/C23H25NO3/c1-16-8-10-21(14-17(16)2)26-13-12-24-23(25)18(3)27-22-11-9-19-6-4-5-7-20(19)15-22/h4-11,14-15,18H,12-13H2,1-3H3,(H,24,25)/t18-/m0/s1. The summed E-state index contributed by atoms with van der Waals surface area (Å²) in [4.78, 5) is 12.2. The average Bonchev–Trinajstić information content (AvgIpc) is 2.67. The first-order valence-corrected chi connectivity index (χ1v) is 9.16. The third-order valence-corrected chi connectivity index (χ3v) is 4.55. The quantitative estimate of drug-likeness (QED) is 0.632. The summed E-state index contributed by atoms with van der Waals surface area (Å²) in [6, 6.07) is 19.9. The number of hydrogen-bond acceptors (Lipinski definition) is 3. The van der Waals surface area contributed by atoms with Crippen LogP contribution in [0.25, 0.3) is 10.8 Å². The van der Waals surface area contributed by atoms with Crippen molar-refractivity contribution in [2.75, 3.05) is 13.2 Å². The van der Waals surface area contributed by atoms with Crippen molar-refractivity contribution in [2.45, 2.75) is 26.9 Å². The zero-order chi connectivity index (χ0) is 19.2. The molecule has 1 amide bonds. The Balaban J connectivity index is 1.46. The lowest BCUT2D eigenvalue weighted by Crippen LogP contribution is -2.38. The van der Waals surface area contributed by atoms with Gasteiger partial charge in [-0.15, -0.1) is 0 Å². The Kier molecular flexibility index (Phi) is 5.97. The topological polar surface area (TPSA) is 47.6 Å². The molecule has 3 aromatic rings. The van der Waals surface area contributed by atoms with Crippen LogP contribution < -0.4 is 14.8 Å². The summed E-state index contributed by atoms with van der Waals surface area (Å²) in [5.41, 5.74) is 2.42. The van der Waals surface area contributed by atoms with E-state index in [0.717, 1.165) is 16.5 Å². The summed E-state index contributed by atoms with van der Waals surface area (Å²) in [5, 5.41) is 5.08. The Morgan fingerprint density at radius 3 is 2.44 bits per heavy atom. The number of carbonyl (C=O) groups is 1. The van der Waals surface area contributed by atoms with Crippen LogP contribution in [0.3, 0.4) is 0 Å². The second-order valence-electron chi connectivity index (χ2n) is 6.65. The van der Waals surface area contributed by atoms with E-state index in [9.17, 15) is 4.79 Å². The molecule has 0 aliphatic heterocycles. The number of hydrogen-bond donors (Lipinski definition) is 1. The average molecular weight is 363 g/mol. The van der Waals surface area contributed by atoms with Crippen LogP contribution in [0.15, 0.2) is 60.7 Å². The molecule has 1 N–H and O–H groups in total. The van der Waals surface area contributed by atoms with Gasteiger partial charge in [0.05, 0.1) is 6.54 Å². The fourth-order valence-electron chi connectivity index (χ4n) is 2.79. The summed E-state index contributed by atoms with van der Waals surface area (Å²) in [6.07, 6.45) is -0.576. The maximum atomic E-state index is 12.2. The molecule has 0 fully saturated rings. The predicted molar refractivity (Wildman–Crippen MR) is 108 cm³/mol. The zero-order valence-electron chi connectivity index (χ0n) is 16.0. The molecule has 4 nitrogen and oxygen atoms in total. The van der Waals surface area contributed by atoms with Crippen molar-refractivity contribution in [1.82, 2.24) is 5.32 Å². The van der Waals surface area contributed by atoms with Gasteiger partial charge in [-0.2, -0.15) is 0 Å². The van der Waals surface area contributed by atoms with Gasteiger partial charge in [0, 0.05) is 0 Å². The molecule has 0 aliphatic carbocycles. The second kappa shape index (κ2) is 8.58. The summed E-state index contributed by atoms with van der Waals surface area (Å²) in [6.45, 7) is 6.70. The van der Waals surface area contributed by atoms with Crippen LogP contribution in [0, 0.1) is 13.8 Å².